The number of carbonyl (C=O) groups is 1. The fourth-order valence-electron chi connectivity index (χ4n) is 4.74. The van der Waals surface area contributed by atoms with Gasteiger partial charge in [0.15, 0.2) is 0 Å². The molecule has 1 heterocycles. The van der Waals surface area contributed by atoms with E-state index in [1.165, 1.54) is 51.0 Å². The molecule has 1 aromatic carbocycles. The molecule has 1 aliphatic heterocycles. The monoisotopic (exact) mass is 384 g/mol. The first-order valence-corrected chi connectivity index (χ1v) is 11.0. The topological polar surface area (TPSA) is 35.5 Å². The highest BCUT2D eigenvalue weighted by atomic mass is 16.5. The number of hydrogen-bond acceptors (Lipinski definition) is 3. The van der Waals surface area contributed by atoms with Crippen LogP contribution in [0.25, 0.3) is 0 Å². The summed E-state index contributed by atoms with van der Waals surface area (Å²) in [6.45, 7) is 9.83. The summed E-state index contributed by atoms with van der Waals surface area (Å²) in [5.74, 6) is 2.20. The Balaban J connectivity index is 1.76. The van der Waals surface area contributed by atoms with Gasteiger partial charge in [-0.1, -0.05) is 37.8 Å². The number of fused-ring (bicyclic) bond motifs is 1. The average Bonchev–Trinajstić information content (AvgIpc) is 2.92. The molecule has 0 amide bonds. The molecule has 0 radical (unpaired) electrons. The average molecular weight is 385 g/mol. The van der Waals surface area contributed by atoms with Gasteiger partial charge in [-0.2, -0.15) is 0 Å². The fraction of sp³-hybridized carbons (Fsp3) is 0.640. The first-order chi connectivity index (χ1) is 13.3. The molecule has 1 aromatic rings. The molecule has 3 nitrogen and oxygen atoms in total. The SMILES string of the molecule is CC(=O)Oc1c(C)c(C)c2c(c1C)CC[C@@](C)(C/C=C/C1CCCCCC1)O2. The van der Waals surface area contributed by atoms with Crippen molar-refractivity contribution in [2.75, 3.05) is 0 Å². The molecule has 0 unspecified atom stereocenters. The molecule has 1 saturated carbocycles. The van der Waals surface area contributed by atoms with E-state index in [4.69, 9.17) is 9.47 Å². The van der Waals surface area contributed by atoms with Gasteiger partial charge in [-0.05, 0) is 76.0 Å². The highest BCUT2D eigenvalue weighted by Gasteiger charge is 2.34. The minimum atomic E-state index is -0.268. The van der Waals surface area contributed by atoms with Crippen molar-refractivity contribution >= 4 is 5.97 Å². The van der Waals surface area contributed by atoms with Crippen molar-refractivity contribution in [1.82, 2.24) is 0 Å². The second-order valence-electron chi connectivity index (χ2n) is 9.04. The molecule has 3 heteroatoms. The summed E-state index contributed by atoms with van der Waals surface area (Å²) >= 11 is 0. The van der Waals surface area contributed by atoms with E-state index < -0.39 is 0 Å². The highest BCUT2D eigenvalue weighted by Crippen LogP contribution is 2.44. The van der Waals surface area contributed by atoms with Crippen LogP contribution in [-0.2, 0) is 11.2 Å². The van der Waals surface area contributed by atoms with E-state index in [-0.39, 0.29) is 11.6 Å². The van der Waals surface area contributed by atoms with Gasteiger partial charge in [0.25, 0.3) is 0 Å². The maximum Gasteiger partial charge on any atom is 0.308 e. The number of ether oxygens (including phenoxy) is 2. The van der Waals surface area contributed by atoms with Gasteiger partial charge in [0.05, 0.1) is 0 Å². The number of allylic oxidation sites excluding steroid dienone is 1. The smallest absolute Gasteiger partial charge is 0.308 e. The Morgan fingerprint density at radius 1 is 1.11 bits per heavy atom. The quantitative estimate of drug-likeness (QED) is 0.256. The Labute approximate surface area is 170 Å². The Kier molecular flexibility index (Phi) is 6.52. The molecule has 0 saturated heterocycles. The van der Waals surface area contributed by atoms with Crippen molar-refractivity contribution in [3.8, 4) is 11.5 Å². The maximum absolute atomic E-state index is 11.5. The predicted molar refractivity (Wildman–Crippen MR) is 114 cm³/mol. The van der Waals surface area contributed by atoms with Crippen LogP contribution in [0.5, 0.6) is 11.5 Å². The zero-order valence-electron chi connectivity index (χ0n) is 18.3. The van der Waals surface area contributed by atoms with E-state index in [9.17, 15) is 4.79 Å². The number of benzene rings is 1. The normalized spacial score (nSPS) is 23.2. The van der Waals surface area contributed by atoms with Gasteiger partial charge in [0.1, 0.15) is 17.1 Å². The first kappa shape index (κ1) is 21.0. The third kappa shape index (κ3) is 4.61. The van der Waals surface area contributed by atoms with E-state index in [0.29, 0.717) is 5.75 Å². The summed E-state index contributed by atoms with van der Waals surface area (Å²) in [6.07, 6.45) is 15.9. The third-order valence-corrected chi connectivity index (χ3v) is 6.67. The van der Waals surface area contributed by atoms with Crippen molar-refractivity contribution in [2.45, 2.75) is 98.0 Å². The highest BCUT2D eigenvalue weighted by molar-refractivity contribution is 5.72. The summed E-state index contributed by atoms with van der Waals surface area (Å²) in [5.41, 5.74) is 4.18. The van der Waals surface area contributed by atoms with E-state index in [2.05, 4.69) is 26.0 Å². The molecule has 154 valence electrons. The number of hydrogen-bond donors (Lipinski definition) is 0. The fourth-order valence-corrected chi connectivity index (χ4v) is 4.74. The molecule has 1 atom stereocenters. The van der Waals surface area contributed by atoms with E-state index in [1.54, 1.807) is 0 Å². The summed E-state index contributed by atoms with van der Waals surface area (Å²) in [4.78, 5) is 11.5. The van der Waals surface area contributed by atoms with Gasteiger partial charge in [-0.15, -0.1) is 0 Å². The Morgan fingerprint density at radius 3 is 2.43 bits per heavy atom. The second kappa shape index (κ2) is 8.71. The number of carbonyl (C=O) groups excluding carboxylic acids is 1. The molecular weight excluding hydrogens is 348 g/mol. The van der Waals surface area contributed by atoms with Crippen LogP contribution in [0.3, 0.4) is 0 Å². The molecule has 28 heavy (non-hydrogen) atoms. The van der Waals surface area contributed by atoms with Crippen LogP contribution in [0.4, 0.5) is 0 Å². The maximum atomic E-state index is 11.5. The van der Waals surface area contributed by atoms with Gasteiger partial charge in [-0.3, -0.25) is 4.79 Å². The van der Waals surface area contributed by atoms with Gasteiger partial charge in [-0.25, -0.2) is 0 Å². The Morgan fingerprint density at radius 2 is 1.79 bits per heavy atom. The van der Waals surface area contributed by atoms with Crippen molar-refractivity contribution in [3.63, 3.8) is 0 Å². The summed E-state index contributed by atoms with van der Waals surface area (Å²) in [7, 11) is 0. The van der Waals surface area contributed by atoms with Crippen LogP contribution in [0.1, 0.15) is 87.5 Å². The lowest BCUT2D eigenvalue weighted by Gasteiger charge is -2.37. The van der Waals surface area contributed by atoms with Crippen LogP contribution >= 0.6 is 0 Å². The lowest BCUT2D eigenvalue weighted by Crippen LogP contribution is -2.36. The molecule has 0 bridgehead atoms. The molecule has 1 fully saturated rings. The molecule has 3 rings (SSSR count). The molecule has 0 N–H and O–H groups in total. The Bertz CT molecular complexity index is 754. The van der Waals surface area contributed by atoms with Gasteiger partial charge in [0.2, 0.25) is 0 Å². The van der Waals surface area contributed by atoms with Crippen molar-refractivity contribution < 1.29 is 14.3 Å². The van der Waals surface area contributed by atoms with Gasteiger partial charge < -0.3 is 9.47 Å². The van der Waals surface area contributed by atoms with Crippen LogP contribution in [0.2, 0.25) is 0 Å². The van der Waals surface area contributed by atoms with Gasteiger partial charge >= 0.3 is 5.97 Å². The minimum absolute atomic E-state index is 0.166. The van der Waals surface area contributed by atoms with Crippen LogP contribution in [0.15, 0.2) is 12.2 Å². The van der Waals surface area contributed by atoms with Crippen LogP contribution < -0.4 is 9.47 Å². The lowest BCUT2D eigenvalue weighted by molar-refractivity contribution is -0.132. The molecule has 1 aliphatic carbocycles. The van der Waals surface area contributed by atoms with Crippen molar-refractivity contribution in [3.05, 3.63) is 34.4 Å². The minimum Gasteiger partial charge on any atom is -0.487 e. The second-order valence-corrected chi connectivity index (χ2v) is 9.04. The molecule has 0 spiro atoms. The summed E-state index contributed by atoms with van der Waals surface area (Å²) in [6, 6.07) is 0. The zero-order chi connectivity index (χ0) is 20.3. The van der Waals surface area contributed by atoms with E-state index in [0.717, 1.165) is 47.6 Å². The summed E-state index contributed by atoms with van der Waals surface area (Å²) < 4.78 is 12.1. The molecule has 2 aliphatic rings. The first-order valence-electron chi connectivity index (χ1n) is 11.0. The third-order valence-electron chi connectivity index (χ3n) is 6.67. The largest absolute Gasteiger partial charge is 0.487 e. The van der Waals surface area contributed by atoms with Gasteiger partial charge in [0, 0.05) is 18.9 Å². The summed E-state index contributed by atoms with van der Waals surface area (Å²) in [5, 5.41) is 0. The van der Waals surface area contributed by atoms with Crippen molar-refractivity contribution in [2.24, 2.45) is 5.92 Å². The molecule has 0 aromatic heterocycles. The van der Waals surface area contributed by atoms with E-state index >= 15 is 0 Å². The van der Waals surface area contributed by atoms with Crippen molar-refractivity contribution in [1.29, 1.82) is 0 Å². The van der Waals surface area contributed by atoms with Crippen LogP contribution in [-0.4, -0.2) is 11.6 Å². The standard InChI is InChI=1S/C25H36O3/c1-17-18(2)24-22(19(3)23(17)27-20(4)26)14-16-25(5,28-24)15-10-13-21-11-8-6-7-9-12-21/h10,13,21H,6-9,11-12,14-16H2,1-5H3/b13-10+/t25-/m1/s1. The Hall–Kier alpha value is -1.77. The number of esters is 1. The molecular formula is C25H36O3. The lowest BCUT2D eigenvalue weighted by atomic mass is 9.85. The number of rotatable bonds is 4. The zero-order valence-corrected chi connectivity index (χ0v) is 18.3. The van der Waals surface area contributed by atoms with Crippen LogP contribution in [0, 0.1) is 26.7 Å². The van der Waals surface area contributed by atoms with E-state index in [1.807, 2.05) is 13.8 Å². The predicted octanol–water partition coefficient (Wildman–Crippen LogP) is 6.54.